The minimum atomic E-state index is 0.0606. The van der Waals surface area contributed by atoms with E-state index in [1.165, 1.54) is 32.1 Å². The molecular weight excluding hydrogens is 310 g/mol. The monoisotopic (exact) mass is 347 g/mol. The molecule has 0 bridgehead atoms. The van der Waals surface area contributed by atoms with Gasteiger partial charge < -0.3 is 9.64 Å². The van der Waals surface area contributed by atoms with Crippen LogP contribution < -0.4 is 0 Å². The van der Waals surface area contributed by atoms with E-state index in [0.717, 1.165) is 30.6 Å². The highest BCUT2D eigenvalue weighted by Crippen LogP contribution is 2.67. The lowest BCUT2D eigenvalue weighted by molar-refractivity contribution is -0.164. The van der Waals surface area contributed by atoms with Crippen molar-refractivity contribution in [2.24, 2.45) is 34.5 Å². The van der Waals surface area contributed by atoms with E-state index in [1.54, 1.807) is 0 Å². The van der Waals surface area contributed by atoms with Crippen LogP contribution in [-0.2, 0) is 9.53 Å². The molecule has 1 amide bonds. The van der Waals surface area contributed by atoms with E-state index in [-0.39, 0.29) is 5.60 Å². The van der Waals surface area contributed by atoms with Gasteiger partial charge in [-0.15, -0.1) is 0 Å². The maximum atomic E-state index is 12.3. The summed E-state index contributed by atoms with van der Waals surface area (Å²) in [4.78, 5) is 14.4. The number of nitrogens with zero attached hydrogens (tertiary/aromatic N) is 1. The summed E-state index contributed by atoms with van der Waals surface area (Å²) in [7, 11) is 3.96. The van der Waals surface area contributed by atoms with Crippen LogP contribution in [0.2, 0.25) is 0 Å². The molecule has 0 aromatic rings. The average molecular weight is 348 g/mol. The minimum Gasteiger partial charge on any atom is -0.378 e. The molecule has 0 aromatic heterocycles. The highest BCUT2D eigenvalue weighted by atomic mass is 16.5. The van der Waals surface area contributed by atoms with Gasteiger partial charge in [0.15, 0.2) is 0 Å². The Balaban J connectivity index is 1.69. The lowest BCUT2D eigenvalue weighted by Gasteiger charge is -2.63. The molecule has 25 heavy (non-hydrogen) atoms. The lowest BCUT2D eigenvalue weighted by Crippen LogP contribution is -2.62. The third-order valence-corrected chi connectivity index (χ3v) is 9.37. The second-order valence-corrected chi connectivity index (χ2v) is 10.8. The van der Waals surface area contributed by atoms with Gasteiger partial charge in [0, 0.05) is 26.6 Å². The van der Waals surface area contributed by atoms with Crippen molar-refractivity contribution in [3.63, 3.8) is 0 Å². The van der Waals surface area contributed by atoms with E-state index in [2.05, 4.69) is 39.6 Å². The summed E-state index contributed by atoms with van der Waals surface area (Å²) in [6.45, 7) is 9.85. The molecule has 142 valence electrons. The summed E-state index contributed by atoms with van der Waals surface area (Å²) in [6.07, 6.45) is 8.16. The molecule has 5 unspecified atom stereocenters. The van der Waals surface area contributed by atoms with Crippen molar-refractivity contribution in [1.82, 2.24) is 4.90 Å². The van der Waals surface area contributed by atoms with E-state index >= 15 is 0 Å². The summed E-state index contributed by atoms with van der Waals surface area (Å²) < 4.78 is 5.98. The molecule has 1 saturated heterocycles. The first kappa shape index (κ1) is 17.8. The maximum Gasteiger partial charge on any atom is 0.222 e. The molecule has 3 heteroatoms. The molecule has 3 aliphatic carbocycles. The zero-order valence-electron chi connectivity index (χ0n) is 17.1. The topological polar surface area (TPSA) is 29.5 Å². The van der Waals surface area contributed by atoms with E-state index < -0.39 is 0 Å². The van der Waals surface area contributed by atoms with Crippen molar-refractivity contribution in [3.05, 3.63) is 0 Å². The Hall–Kier alpha value is -0.570. The number of carbonyl (C=O) groups excluding carboxylic acids is 1. The van der Waals surface area contributed by atoms with Gasteiger partial charge >= 0.3 is 0 Å². The van der Waals surface area contributed by atoms with Crippen LogP contribution in [0.4, 0.5) is 0 Å². The molecule has 0 spiro atoms. The SMILES string of the molecule is COC1(C)CC2C3C(CC[C@]2(C)C1)[C@@]1(C)CCC(=O)N(C)C1C[C@@H]3C. The Bertz CT molecular complexity index is 576. The van der Waals surface area contributed by atoms with Crippen molar-refractivity contribution in [3.8, 4) is 0 Å². The first-order chi connectivity index (χ1) is 11.6. The largest absolute Gasteiger partial charge is 0.378 e. The van der Waals surface area contributed by atoms with E-state index in [4.69, 9.17) is 4.74 Å². The predicted molar refractivity (Wildman–Crippen MR) is 100 cm³/mol. The first-order valence-corrected chi connectivity index (χ1v) is 10.4. The maximum absolute atomic E-state index is 12.3. The normalized spacial score (nSPS) is 55.5. The second kappa shape index (κ2) is 5.47. The number of ether oxygens (including phenoxy) is 1. The van der Waals surface area contributed by atoms with Crippen molar-refractivity contribution in [2.45, 2.75) is 84.3 Å². The quantitative estimate of drug-likeness (QED) is 0.699. The number of likely N-dealkylation sites (tertiary alicyclic amines) is 1. The number of piperidine rings is 1. The number of hydrogen-bond acceptors (Lipinski definition) is 2. The fraction of sp³-hybridized carbons (Fsp3) is 0.955. The van der Waals surface area contributed by atoms with Crippen LogP contribution in [0.3, 0.4) is 0 Å². The van der Waals surface area contributed by atoms with Gasteiger partial charge in [0.1, 0.15) is 0 Å². The number of carbonyl (C=O) groups is 1. The van der Waals surface area contributed by atoms with Crippen LogP contribution in [-0.4, -0.2) is 36.6 Å². The van der Waals surface area contributed by atoms with Crippen LogP contribution in [0.25, 0.3) is 0 Å². The molecule has 1 aliphatic heterocycles. The Morgan fingerprint density at radius 2 is 1.88 bits per heavy atom. The summed E-state index contributed by atoms with van der Waals surface area (Å²) in [5.41, 5.74) is 0.818. The molecular formula is C22H37NO2. The highest BCUT2D eigenvalue weighted by Gasteiger charge is 2.63. The van der Waals surface area contributed by atoms with Crippen LogP contribution in [0, 0.1) is 34.5 Å². The molecule has 4 aliphatic rings. The van der Waals surface area contributed by atoms with E-state index in [1.807, 2.05) is 7.11 Å². The standard InChI is InChI=1S/C22H37NO2/c1-14-11-17-22(4,10-8-18(24)23(17)5)15-7-9-20(2)13-21(3,25-6)12-16(20)19(14)15/h14-17,19H,7-13H2,1-6H3/t14-,15?,16?,17?,19?,20+,21?,22+/m0/s1. The zero-order chi connectivity index (χ0) is 18.2. The number of methoxy groups -OCH3 is 1. The summed E-state index contributed by atoms with van der Waals surface area (Å²) in [5.74, 6) is 3.43. The third-order valence-electron chi connectivity index (χ3n) is 9.37. The van der Waals surface area contributed by atoms with Gasteiger partial charge in [-0.05, 0) is 80.0 Å². The molecule has 0 N–H and O–H groups in total. The van der Waals surface area contributed by atoms with E-state index in [9.17, 15) is 4.79 Å². The van der Waals surface area contributed by atoms with Crippen LogP contribution in [0.5, 0.6) is 0 Å². The second-order valence-electron chi connectivity index (χ2n) is 10.8. The van der Waals surface area contributed by atoms with Gasteiger partial charge in [-0.25, -0.2) is 0 Å². The number of amides is 1. The molecule has 8 atom stereocenters. The van der Waals surface area contributed by atoms with Crippen molar-refractivity contribution in [1.29, 1.82) is 0 Å². The Labute approximate surface area is 153 Å². The Morgan fingerprint density at radius 3 is 2.56 bits per heavy atom. The van der Waals surface area contributed by atoms with Crippen LogP contribution in [0.15, 0.2) is 0 Å². The Morgan fingerprint density at radius 1 is 1.16 bits per heavy atom. The van der Waals surface area contributed by atoms with Gasteiger partial charge in [-0.1, -0.05) is 20.8 Å². The Kier molecular flexibility index (Phi) is 3.90. The molecule has 0 radical (unpaired) electrons. The van der Waals surface area contributed by atoms with Crippen molar-refractivity contribution >= 4 is 5.91 Å². The number of rotatable bonds is 1. The summed E-state index contributed by atoms with van der Waals surface area (Å²) in [5, 5.41) is 0. The summed E-state index contributed by atoms with van der Waals surface area (Å²) in [6, 6.07) is 0.449. The number of fused-ring (bicyclic) bond motifs is 5. The molecule has 1 heterocycles. The number of hydrogen-bond donors (Lipinski definition) is 0. The molecule has 4 rings (SSSR count). The van der Waals surface area contributed by atoms with Gasteiger partial charge in [0.05, 0.1) is 5.60 Å². The molecule has 3 saturated carbocycles. The van der Waals surface area contributed by atoms with Gasteiger partial charge in [-0.3, -0.25) is 4.79 Å². The fourth-order valence-corrected chi connectivity index (χ4v) is 8.02. The minimum absolute atomic E-state index is 0.0606. The van der Waals surface area contributed by atoms with Crippen molar-refractivity contribution < 1.29 is 9.53 Å². The smallest absolute Gasteiger partial charge is 0.222 e. The molecule has 3 nitrogen and oxygen atoms in total. The highest BCUT2D eigenvalue weighted by molar-refractivity contribution is 5.77. The predicted octanol–water partition coefficient (Wildman–Crippen LogP) is 4.50. The van der Waals surface area contributed by atoms with Gasteiger partial charge in [0.2, 0.25) is 5.91 Å². The van der Waals surface area contributed by atoms with Gasteiger partial charge in [-0.2, -0.15) is 0 Å². The van der Waals surface area contributed by atoms with E-state index in [0.29, 0.717) is 28.7 Å². The van der Waals surface area contributed by atoms with Crippen LogP contribution >= 0.6 is 0 Å². The lowest BCUT2D eigenvalue weighted by atomic mass is 9.45. The van der Waals surface area contributed by atoms with Crippen molar-refractivity contribution in [2.75, 3.05) is 14.2 Å². The van der Waals surface area contributed by atoms with Crippen LogP contribution in [0.1, 0.15) is 72.6 Å². The third kappa shape index (κ3) is 2.37. The fourth-order valence-electron chi connectivity index (χ4n) is 8.02. The zero-order valence-corrected chi connectivity index (χ0v) is 17.1. The van der Waals surface area contributed by atoms with Gasteiger partial charge in [0.25, 0.3) is 0 Å². The molecule has 0 aromatic carbocycles. The first-order valence-electron chi connectivity index (χ1n) is 10.4. The average Bonchev–Trinajstić information content (AvgIpc) is 2.85. The summed E-state index contributed by atoms with van der Waals surface area (Å²) >= 11 is 0. The molecule has 4 fully saturated rings.